The summed E-state index contributed by atoms with van der Waals surface area (Å²) in [6.45, 7) is 0.840. The van der Waals surface area contributed by atoms with Gasteiger partial charge in [-0.2, -0.15) is 0 Å². The number of benzene rings is 2. The number of carbonyl (C=O) groups excluding carboxylic acids is 2. The molecule has 7 heteroatoms. The van der Waals surface area contributed by atoms with Crippen molar-refractivity contribution in [2.24, 2.45) is 5.73 Å². The van der Waals surface area contributed by atoms with Crippen LogP contribution in [0.2, 0.25) is 0 Å². The molecule has 3 amide bonds. The summed E-state index contributed by atoms with van der Waals surface area (Å²) in [6.07, 6.45) is 1.42. The van der Waals surface area contributed by atoms with E-state index in [1.54, 1.807) is 31.3 Å². The molecule has 3 N–H and O–H groups in total. The van der Waals surface area contributed by atoms with Crippen LogP contribution in [-0.2, 0) is 6.54 Å². The number of nitrogens with zero attached hydrogens (tertiary/aromatic N) is 1. The van der Waals surface area contributed by atoms with E-state index < -0.39 is 5.91 Å². The van der Waals surface area contributed by atoms with Crippen LogP contribution >= 0.6 is 0 Å². The number of nitrogens with one attached hydrogen (secondary N) is 1. The topological polar surface area (TPSA) is 84.7 Å². The molecule has 1 atom stereocenters. The van der Waals surface area contributed by atoms with Gasteiger partial charge in [-0.3, -0.25) is 4.79 Å². The third-order valence-electron chi connectivity index (χ3n) is 4.52. The molecule has 0 saturated heterocycles. The highest BCUT2D eigenvalue weighted by molar-refractivity contribution is 5.92. The van der Waals surface area contributed by atoms with Gasteiger partial charge in [0.1, 0.15) is 11.6 Å². The maximum Gasteiger partial charge on any atom is 0.317 e. The largest absolute Gasteiger partial charge is 0.493 e. The maximum absolute atomic E-state index is 13.7. The molecule has 142 valence electrons. The molecule has 0 unspecified atom stereocenters. The maximum atomic E-state index is 13.7. The third-order valence-corrected chi connectivity index (χ3v) is 4.52. The first kappa shape index (κ1) is 18.7. The van der Waals surface area contributed by atoms with E-state index in [4.69, 9.17) is 10.5 Å². The Bertz CT molecular complexity index is 856. The highest BCUT2D eigenvalue weighted by Gasteiger charge is 2.23. The standard InChI is InChI=1S/C20H22FN3O3/c1-24(12-13-4-2-5-14(10-13)19(22)25)20(26)23-17-6-3-9-27-18-8-7-15(21)11-16(17)18/h2,4-5,7-8,10-11,17H,3,6,9,12H2,1H3,(H2,22,25)(H,23,26)/t17-/m1/s1. The van der Waals surface area contributed by atoms with Crippen LogP contribution in [0.5, 0.6) is 5.75 Å². The number of amides is 3. The van der Waals surface area contributed by atoms with Crippen molar-refractivity contribution >= 4 is 11.9 Å². The van der Waals surface area contributed by atoms with E-state index in [-0.39, 0.29) is 17.9 Å². The van der Waals surface area contributed by atoms with Crippen molar-refractivity contribution in [1.29, 1.82) is 0 Å². The van der Waals surface area contributed by atoms with Gasteiger partial charge in [-0.1, -0.05) is 12.1 Å². The van der Waals surface area contributed by atoms with Gasteiger partial charge < -0.3 is 20.7 Å². The fraction of sp³-hybridized carbons (Fsp3) is 0.300. The number of halogens is 1. The van der Waals surface area contributed by atoms with E-state index >= 15 is 0 Å². The van der Waals surface area contributed by atoms with Gasteiger partial charge in [0.25, 0.3) is 0 Å². The smallest absolute Gasteiger partial charge is 0.317 e. The molecule has 0 bridgehead atoms. The van der Waals surface area contributed by atoms with Gasteiger partial charge in [0.05, 0.1) is 12.6 Å². The Morgan fingerprint density at radius 2 is 2.11 bits per heavy atom. The van der Waals surface area contributed by atoms with Gasteiger partial charge in [0.2, 0.25) is 5.91 Å². The molecule has 1 aliphatic rings. The molecule has 0 radical (unpaired) electrons. The van der Waals surface area contributed by atoms with Crippen LogP contribution in [0.4, 0.5) is 9.18 Å². The summed E-state index contributed by atoms with van der Waals surface area (Å²) in [5.74, 6) is -0.285. The number of nitrogens with two attached hydrogens (primary N) is 1. The molecular formula is C20H22FN3O3. The second-order valence-corrected chi connectivity index (χ2v) is 6.60. The summed E-state index contributed by atoms with van der Waals surface area (Å²) in [6, 6.07) is 10.6. The Labute approximate surface area is 157 Å². The molecule has 0 fully saturated rings. The van der Waals surface area contributed by atoms with Gasteiger partial charge in [-0.05, 0) is 48.7 Å². The number of carbonyl (C=O) groups is 2. The molecule has 6 nitrogen and oxygen atoms in total. The van der Waals surface area contributed by atoms with Crippen LogP contribution in [-0.4, -0.2) is 30.5 Å². The number of fused-ring (bicyclic) bond motifs is 1. The molecule has 0 spiro atoms. The SMILES string of the molecule is CN(Cc1cccc(C(N)=O)c1)C(=O)N[C@@H]1CCCOc2ccc(F)cc21. The molecule has 0 aromatic heterocycles. The fourth-order valence-electron chi connectivity index (χ4n) is 3.13. The number of hydrogen-bond acceptors (Lipinski definition) is 3. The average Bonchev–Trinajstić information content (AvgIpc) is 2.84. The summed E-state index contributed by atoms with van der Waals surface area (Å²) in [5.41, 5.74) is 7.12. The van der Waals surface area contributed by atoms with Gasteiger partial charge >= 0.3 is 6.03 Å². The summed E-state index contributed by atoms with van der Waals surface area (Å²) < 4.78 is 19.3. The zero-order valence-electron chi connectivity index (χ0n) is 15.1. The summed E-state index contributed by atoms with van der Waals surface area (Å²) in [7, 11) is 1.66. The minimum Gasteiger partial charge on any atom is -0.493 e. The van der Waals surface area contributed by atoms with Gasteiger partial charge in [-0.25, -0.2) is 9.18 Å². The van der Waals surface area contributed by atoms with Gasteiger partial charge in [0, 0.05) is 24.7 Å². The van der Waals surface area contributed by atoms with E-state index in [1.807, 2.05) is 6.07 Å². The average molecular weight is 371 g/mol. The van der Waals surface area contributed by atoms with Crippen LogP contribution in [0.15, 0.2) is 42.5 Å². The predicted molar refractivity (Wildman–Crippen MR) is 98.8 cm³/mol. The van der Waals surface area contributed by atoms with Crippen molar-refractivity contribution < 1.29 is 18.7 Å². The molecule has 27 heavy (non-hydrogen) atoms. The van der Waals surface area contributed by atoms with Gasteiger partial charge in [0.15, 0.2) is 0 Å². The Hall–Kier alpha value is -3.09. The lowest BCUT2D eigenvalue weighted by Crippen LogP contribution is -2.39. The van der Waals surface area contributed by atoms with E-state index in [1.165, 1.54) is 17.0 Å². The molecule has 0 aliphatic carbocycles. The number of primary amides is 1. The zero-order chi connectivity index (χ0) is 19.4. The number of hydrogen-bond donors (Lipinski definition) is 2. The predicted octanol–water partition coefficient (Wildman–Crippen LogP) is 2.98. The Kier molecular flexibility index (Phi) is 5.59. The first-order valence-corrected chi connectivity index (χ1v) is 8.76. The summed E-state index contributed by atoms with van der Waals surface area (Å²) in [4.78, 5) is 25.4. The summed E-state index contributed by atoms with van der Waals surface area (Å²) >= 11 is 0. The third kappa shape index (κ3) is 4.55. The lowest BCUT2D eigenvalue weighted by molar-refractivity contribution is 0.1000. The molecule has 2 aromatic rings. The normalized spacial score (nSPS) is 15.9. The van der Waals surface area contributed by atoms with E-state index in [2.05, 4.69) is 5.32 Å². The monoisotopic (exact) mass is 371 g/mol. The second kappa shape index (κ2) is 8.07. The van der Waals surface area contributed by atoms with Crippen LogP contribution < -0.4 is 15.8 Å². The molecule has 1 heterocycles. The van der Waals surface area contributed by atoms with E-state index in [0.717, 1.165) is 12.0 Å². The molecule has 0 saturated carbocycles. The highest BCUT2D eigenvalue weighted by atomic mass is 19.1. The second-order valence-electron chi connectivity index (χ2n) is 6.60. The minimum absolute atomic E-state index is 0.290. The Balaban J connectivity index is 1.70. The van der Waals surface area contributed by atoms with Crippen molar-refractivity contribution in [2.75, 3.05) is 13.7 Å². The molecule has 2 aromatic carbocycles. The van der Waals surface area contributed by atoms with Crippen LogP contribution in [0.3, 0.4) is 0 Å². The van der Waals surface area contributed by atoms with Crippen molar-refractivity contribution in [1.82, 2.24) is 10.2 Å². The first-order valence-electron chi connectivity index (χ1n) is 8.76. The van der Waals surface area contributed by atoms with Crippen molar-refractivity contribution in [3.8, 4) is 5.75 Å². The van der Waals surface area contributed by atoms with Crippen LogP contribution in [0.25, 0.3) is 0 Å². The number of ether oxygens (including phenoxy) is 1. The first-order chi connectivity index (χ1) is 12.9. The highest BCUT2D eigenvalue weighted by Crippen LogP contribution is 2.32. The lowest BCUT2D eigenvalue weighted by Gasteiger charge is -2.24. The van der Waals surface area contributed by atoms with Crippen molar-refractivity contribution in [3.63, 3.8) is 0 Å². The summed E-state index contributed by atoms with van der Waals surface area (Å²) in [5, 5.41) is 2.95. The van der Waals surface area contributed by atoms with E-state index in [9.17, 15) is 14.0 Å². The minimum atomic E-state index is -0.513. The fourth-order valence-corrected chi connectivity index (χ4v) is 3.13. The quantitative estimate of drug-likeness (QED) is 0.866. The zero-order valence-corrected chi connectivity index (χ0v) is 15.1. The molecule has 3 rings (SSSR count). The van der Waals surface area contributed by atoms with Crippen molar-refractivity contribution in [2.45, 2.75) is 25.4 Å². The van der Waals surface area contributed by atoms with E-state index in [0.29, 0.717) is 36.4 Å². The number of urea groups is 1. The van der Waals surface area contributed by atoms with Gasteiger partial charge in [-0.15, -0.1) is 0 Å². The van der Waals surface area contributed by atoms with Crippen molar-refractivity contribution in [3.05, 3.63) is 65.0 Å². The lowest BCUT2D eigenvalue weighted by atomic mass is 10.0. The molecular weight excluding hydrogens is 349 g/mol. The Morgan fingerprint density at radius 1 is 1.30 bits per heavy atom. The van der Waals surface area contributed by atoms with Crippen LogP contribution in [0.1, 0.15) is 40.4 Å². The molecule has 1 aliphatic heterocycles. The van der Waals surface area contributed by atoms with Crippen LogP contribution in [0, 0.1) is 5.82 Å². The Morgan fingerprint density at radius 3 is 2.89 bits per heavy atom. The number of rotatable bonds is 4.